The number of Topliss-reactive ketones (excluding diaryl/α,β-unsaturated/α-hetero) is 1. The van der Waals surface area contributed by atoms with Crippen molar-refractivity contribution in [2.75, 3.05) is 33.3 Å². The molecule has 15 nitrogen and oxygen atoms in total. The Bertz CT molecular complexity index is 2050. The zero-order valence-corrected chi connectivity index (χ0v) is 47.2. The van der Waals surface area contributed by atoms with Crippen molar-refractivity contribution in [2.24, 2.45) is 35.5 Å². The Morgan fingerprint density at radius 3 is 2.22 bits per heavy atom. The van der Waals surface area contributed by atoms with E-state index in [0.29, 0.717) is 67.5 Å². The molecule has 1 saturated carbocycles. The molecule has 0 spiro atoms. The standard InChI is InChI=1S/C59H96N6O9/c1-14-47-27-35-72-58(12,55(70)46(10)63-59(60-13)30-32-65(33-31-59)38-39(2)3)74-50(22-15-18-34-66)45(9)61-56(71)41(5)21-19-20-40(4)36-42(6)53(69)44(8)54(43(47)7)73-52(68)37-51(67)62-48-23-25-49(26-24-48)64-57(11)28-16-17-29-57/h16-17,19-21,27-29,35,39-40,42-44,47-49,53-54,60,63-64,66,69H,10,14-15,18,22-26,30-34,36-38H2,1-9,11-13H3,(H,61,71)(H,62,67)/b20-19+,35-27+,41-21-,50-45+/t40-,42+,43+,44+,47-,48?,49?,53+,54+,58-/m0/s1. The Hall–Kier alpha value is -4.54. The summed E-state index contributed by atoms with van der Waals surface area (Å²) in [6, 6.07) is 0.278. The molecule has 7 N–H and O–H groups in total. The fourth-order valence-corrected chi connectivity index (χ4v) is 11.1. The molecule has 2 amide bonds. The molecule has 0 bridgehead atoms. The van der Waals surface area contributed by atoms with Gasteiger partial charge in [-0.25, -0.2) is 0 Å². The van der Waals surface area contributed by atoms with E-state index in [4.69, 9.17) is 14.2 Å². The van der Waals surface area contributed by atoms with Crippen LogP contribution in [0.1, 0.15) is 153 Å². The molecule has 0 unspecified atom stereocenters. The van der Waals surface area contributed by atoms with E-state index < -0.39 is 53.7 Å². The lowest BCUT2D eigenvalue weighted by atomic mass is 9.76. The van der Waals surface area contributed by atoms with Gasteiger partial charge in [0, 0.05) is 63.2 Å². The summed E-state index contributed by atoms with van der Waals surface area (Å²) in [5, 5.41) is 38.4. The van der Waals surface area contributed by atoms with E-state index in [1.165, 1.54) is 13.2 Å². The number of ether oxygens (including phenoxy) is 3. The number of piperidine rings is 1. The SMILES string of the molecule is C=C(NC1(NC)CCN(CC(C)C)CC1)C(=O)[C@@]1(C)O/C=C/[C@H](CC)[C@@H](C)[C@@H](OC(=O)CC(=O)NC2CCC(NC3(C)C=CC=C3)CC2)[C@H](C)[C@H](O)[C@H](C)C[C@@H](C)/C=C/C=C(/C)C(=O)N/C(C)=C(\CCCCO)O1. The predicted octanol–water partition coefficient (Wildman–Crippen LogP) is 8.14. The molecule has 4 rings (SSSR count). The average molecular weight is 1030 g/mol. The maximum atomic E-state index is 14.9. The van der Waals surface area contributed by atoms with Crippen LogP contribution in [0.15, 0.2) is 84.2 Å². The van der Waals surface area contributed by atoms with Crippen molar-refractivity contribution in [1.82, 2.24) is 31.5 Å². The molecule has 2 aliphatic heterocycles. The van der Waals surface area contributed by atoms with Gasteiger partial charge in [0.1, 0.15) is 18.3 Å². The van der Waals surface area contributed by atoms with Gasteiger partial charge < -0.3 is 50.6 Å². The molecule has 416 valence electrons. The van der Waals surface area contributed by atoms with Crippen LogP contribution in [0.5, 0.6) is 0 Å². The Kier molecular flexibility index (Phi) is 24.4. The lowest BCUT2D eigenvalue weighted by Crippen LogP contribution is -2.62. The summed E-state index contributed by atoms with van der Waals surface area (Å²) in [5.41, 5.74) is 0.120. The summed E-state index contributed by atoms with van der Waals surface area (Å²) in [7, 11) is 1.87. The van der Waals surface area contributed by atoms with Crippen molar-refractivity contribution in [3.05, 3.63) is 84.2 Å². The molecular weight excluding hydrogens is 937 g/mol. The number of nitrogens with one attached hydrogen (secondary N) is 5. The van der Waals surface area contributed by atoms with Crippen molar-refractivity contribution >= 4 is 23.6 Å². The number of nitrogens with zero attached hydrogens (tertiary/aromatic N) is 1. The second kappa shape index (κ2) is 29.1. The zero-order chi connectivity index (χ0) is 54.8. The first-order valence-corrected chi connectivity index (χ1v) is 27.7. The van der Waals surface area contributed by atoms with Gasteiger partial charge in [-0.1, -0.05) is 97.6 Å². The number of carbonyl (C=O) groups is 4. The number of ketones is 1. The molecular formula is C59H96N6O9. The summed E-state index contributed by atoms with van der Waals surface area (Å²) < 4.78 is 19.5. The number of unbranched alkanes of at least 4 members (excludes halogenated alkanes) is 1. The largest absolute Gasteiger partial charge is 0.461 e. The monoisotopic (exact) mass is 1030 g/mol. The molecule has 1 saturated heterocycles. The first kappa shape index (κ1) is 62.0. The highest BCUT2D eigenvalue weighted by molar-refractivity contribution is 6.00. The van der Waals surface area contributed by atoms with Gasteiger partial charge in [-0.3, -0.25) is 24.5 Å². The van der Waals surface area contributed by atoms with Gasteiger partial charge in [-0.15, -0.1) is 0 Å². The number of hydrogen-bond donors (Lipinski definition) is 7. The van der Waals surface area contributed by atoms with Gasteiger partial charge in [0.2, 0.25) is 5.91 Å². The predicted molar refractivity (Wildman–Crippen MR) is 294 cm³/mol. The molecule has 0 aromatic heterocycles. The normalized spacial score (nSPS) is 32.9. The quantitative estimate of drug-likeness (QED) is 0.0229. The maximum absolute atomic E-state index is 14.9. The van der Waals surface area contributed by atoms with E-state index >= 15 is 0 Å². The van der Waals surface area contributed by atoms with Crippen LogP contribution in [0.3, 0.4) is 0 Å². The summed E-state index contributed by atoms with van der Waals surface area (Å²) in [6.45, 7) is 28.2. The number of aliphatic hydroxyl groups excluding tert-OH is 2. The molecule has 0 aromatic rings. The zero-order valence-electron chi connectivity index (χ0n) is 47.2. The highest BCUT2D eigenvalue weighted by atomic mass is 16.7. The third-order valence-electron chi connectivity index (χ3n) is 15.7. The summed E-state index contributed by atoms with van der Waals surface area (Å²) >= 11 is 0. The fourth-order valence-electron chi connectivity index (χ4n) is 11.1. The molecule has 74 heavy (non-hydrogen) atoms. The molecule has 2 fully saturated rings. The lowest BCUT2D eigenvalue weighted by Gasteiger charge is -2.44. The maximum Gasteiger partial charge on any atom is 0.315 e. The number of hydrogen-bond acceptors (Lipinski definition) is 13. The number of rotatable bonds is 18. The van der Waals surface area contributed by atoms with Crippen LogP contribution in [0.2, 0.25) is 0 Å². The topological polar surface area (TPSA) is 200 Å². The van der Waals surface area contributed by atoms with Crippen molar-refractivity contribution in [3.8, 4) is 0 Å². The molecule has 4 aliphatic rings. The van der Waals surface area contributed by atoms with Crippen molar-refractivity contribution in [2.45, 2.75) is 194 Å². The number of allylic oxidation sites excluding steroid dienone is 8. The highest BCUT2D eigenvalue weighted by Gasteiger charge is 2.44. The third-order valence-corrected chi connectivity index (χ3v) is 15.7. The first-order valence-electron chi connectivity index (χ1n) is 27.7. The minimum atomic E-state index is -2.00. The van der Waals surface area contributed by atoms with E-state index in [2.05, 4.69) is 71.0 Å². The van der Waals surface area contributed by atoms with E-state index in [-0.39, 0.29) is 59.9 Å². The molecule has 0 radical (unpaired) electrons. The smallest absolute Gasteiger partial charge is 0.315 e. The first-order chi connectivity index (χ1) is 35.0. The number of esters is 1. The number of likely N-dealkylation sites (tertiary alicyclic amines) is 1. The van der Waals surface area contributed by atoms with Crippen LogP contribution >= 0.6 is 0 Å². The minimum absolute atomic E-state index is 0.0252. The second-order valence-electron chi connectivity index (χ2n) is 22.7. The molecule has 15 heteroatoms. The lowest BCUT2D eigenvalue weighted by molar-refractivity contribution is -0.184. The summed E-state index contributed by atoms with van der Waals surface area (Å²) in [5.74, 6) is -4.59. The van der Waals surface area contributed by atoms with Gasteiger partial charge >= 0.3 is 11.8 Å². The fraction of sp³-hybridized carbons (Fsp3) is 0.695. The van der Waals surface area contributed by atoms with Crippen LogP contribution in [-0.4, -0.2) is 113 Å². The molecule has 8 atom stereocenters. The molecule has 2 aliphatic carbocycles. The Balaban J connectivity index is 1.66. The Morgan fingerprint density at radius 1 is 0.959 bits per heavy atom. The van der Waals surface area contributed by atoms with E-state index in [1.54, 1.807) is 19.9 Å². The van der Waals surface area contributed by atoms with Crippen molar-refractivity contribution in [1.29, 1.82) is 0 Å². The van der Waals surface area contributed by atoms with Crippen LogP contribution in [0.25, 0.3) is 0 Å². The van der Waals surface area contributed by atoms with Crippen molar-refractivity contribution in [3.63, 3.8) is 0 Å². The number of amides is 2. The van der Waals surface area contributed by atoms with Gasteiger partial charge in [-0.05, 0) is 128 Å². The van der Waals surface area contributed by atoms with E-state index in [1.807, 2.05) is 72.0 Å². The van der Waals surface area contributed by atoms with Gasteiger partial charge in [0.15, 0.2) is 0 Å². The number of aliphatic hydroxyl groups is 2. The number of carbonyl (C=O) groups excluding carboxylic acids is 4. The van der Waals surface area contributed by atoms with Gasteiger partial charge in [-0.2, -0.15) is 0 Å². The van der Waals surface area contributed by atoms with Crippen LogP contribution in [0, 0.1) is 35.5 Å². The second-order valence-corrected chi connectivity index (χ2v) is 22.7. The Labute approximate surface area is 444 Å². The average Bonchev–Trinajstić information content (AvgIpc) is 3.79. The van der Waals surface area contributed by atoms with Gasteiger partial charge in [0.25, 0.3) is 11.7 Å². The molecule has 0 aromatic carbocycles. The third kappa shape index (κ3) is 18.6. The van der Waals surface area contributed by atoms with Crippen LogP contribution in [0.4, 0.5) is 0 Å². The van der Waals surface area contributed by atoms with Gasteiger partial charge in [0.05, 0.1) is 35.0 Å². The minimum Gasteiger partial charge on any atom is -0.461 e. The Morgan fingerprint density at radius 2 is 1.61 bits per heavy atom. The van der Waals surface area contributed by atoms with E-state index in [0.717, 1.165) is 45.3 Å². The summed E-state index contributed by atoms with van der Waals surface area (Å²) in [6.07, 6.45) is 22.3. The van der Waals surface area contributed by atoms with Crippen LogP contribution < -0.4 is 26.6 Å². The van der Waals surface area contributed by atoms with E-state index in [9.17, 15) is 29.4 Å². The molecule has 2 heterocycles. The van der Waals surface area contributed by atoms with Crippen molar-refractivity contribution < 1.29 is 43.6 Å². The van der Waals surface area contributed by atoms with Crippen LogP contribution in [-0.2, 0) is 33.4 Å². The highest BCUT2D eigenvalue weighted by Crippen LogP contribution is 2.35. The summed E-state index contributed by atoms with van der Waals surface area (Å²) in [4.78, 5) is 58.4.